The first-order valence-corrected chi connectivity index (χ1v) is 15.0. The van der Waals surface area contributed by atoms with E-state index in [1.807, 2.05) is 56.3 Å². The molecule has 4 aromatic rings. The van der Waals surface area contributed by atoms with Crippen molar-refractivity contribution in [2.24, 2.45) is 5.73 Å². The van der Waals surface area contributed by atoms with Gasteiger partial charge >= 0.3 is 5.97 Å². The molecule has 0 amide bonds. The summed E-state index contributed by atoms with van der Waals surface area (Å²) < 4.78 is 29.2. The van der Waals surface area contributed by atoms with E-state index in [-0.39, 0.29) is 17.2 Å². The number of nitrogens with two attached hydrogens (primary N) is 1. The van der Waals surface area contributed by atoms with Crippen LogP contribution >= 0.6 is 0 Å². The smallest absolute Gasteiger partial charge is 0.343 e. The molecule has 8 nitrogen and oxygen atoms in total. The lowest BCUT2D eigenvalue weighted by molar-refractivity contribution is 0.0734. The van der Waals surface area contributed by atoms with Crippen molar-refractivity contribution in [2.45, 2.75) is 46.1 Å². The van der Waals surface area contributed by atoms with Gasteiger partial charge in [-0.15, -0.1) is 0 Å². The number of allylic oxidation sites excluding steroid dienone is 1. The van der Waals surface area contributed by atoms with Gasteiger partial charge in [-0.2, -0.15) is 5.26 Å². The molecule has 0 saturated carbocycles. The zero-order chi connectivity index (χ0) is 31.8. The SMILES string of the molecule is CCCCOc1ccc(C(=O)Oc2ccc3c(c2)OC(N)=C(C#N)C3c2ccc(OCc3ccc(C)cc3)c(OCC)c2)cc1. The van der Waals surface area contributed by atoms with Crippen LogP contribution in [0.4, 0.5) is 0 Å². The van der Waals surface area contributed by atoms with Crippen LogP contribution in [0.5, 0.6) is 28.7 Å². The highest BCUT2D eigenvalue weighted by Gasteiger charge is 2.32. The Labute approximate surface area is 263 Å². The molecular weight excluding hydrogens is 568 g/mol. The van der Waals surface area contributed by atoms with E-state index >= 15 is 0 Å². The number of nitrogens with zero attached hydrogens (tertiary/aromatic N) is 1. The number of aryl methyl sites for hydroxylation is 1. The number of carbonyl (C=O) groups is 1. The van der Waals surface area contributed by atoms with Gasteiger partial charge in [0.2, 0.25) is 5.88 Å². The number of esters is 1. The third-order valence-electron chi connectivity index (χ3n) is 7.37. The Bertz CT molecular complexity index is 1720. The molecule has 0 bridgehead atoms. The molecule has 1 aliphatic rings. The molecular formula is C37H36N2O6. The molecule has 230 valence electrons. The highest BCUT2D eigenvalue weighted by molar-refractivity contribution is 5.91. The average molecular weight is 605 g/mol. The van der Waals surface area contributed by atoms with Gasteiger partial charge in [0.25, 0.3) is 0 Å². The van der Waals surface area contributed by atoms with Gasteiger partial charge in [-0.1, -0.05) is 55.3 Å². The van der Waals surface area contributed by atoms with Gasteiger partial charge in [0, 0.05) is 11.6 Å². The Morgan fingerprint density at radius 2 is 1.64 bits per heavy atom. The summed E-state index contributed by atoms with van der Waals surface area (Å²) in [6.07, 6.45) is 2.00. The largest absolute Gasteiger partial charge is 0.494 e. The maximum Gasteiger partial charge on any atom is 0.343 e. The Morgan fingerprint density at radius 3 is 2.36 bits per heavy atom. The zero-order valence-electron chi connectivity index (χ0n) is 25.7. The van der Waals surface area contributed by atoms with Gasteiger partial charge in [0.15, 0.2) is 11.5 Å². The number of carbonyl (C=O) groups excluding carboxylic acids is 1. The van der Waals surface area contributed by atoms with Crippen LogP contribution in [0.25, 0.3) is 0 Å². The van der Waals surface area contributed by atoms with Crippen LogP contribution in [0.3, 0.4) is 0 Å². The number of rotatable bonds is 12. The van der Waals surface area contributed by atoms with Crippen molar-refractivity contribution in [1.82, 2.24) is 0 Å². The van der Waals surface area contributed by atoms with Crippen molar-refractivity contribution in [2.75, 3.05) is 13.2 Å². The summed E-state index contributed by atoms with van der Waals surface area (Å²) >= 11 is 0. The molecule has 2 N–H and O–H groups in total. The van der Waals surface area contributed by atoms with E-state index in [0.717, 1.165) is 24.0 Å². The fourth-order valence-corrected chi connectivity index (χ4v) is 4.97. The van der Waals surface area contributed by atoms with Crippen molar-refractivity contribution in [1.29, 1.82) is 5.26 Å². The minimum atomic E-state index is -0.533. The molecule has 1 aliphatic heterocycles. The number of fused-ring (bicyclic) bond motifs is 1. The highest BCUT2D eigenvalue weighted by Crippen LogP contribution is 2.45. The van der Waals surface area contributed by atoms with E-state index in [2.05, 4.69) is 13.0 Å². The normalized spacial score (nSPS) is 13.7. The molecule has 1 unspecified atom stereocenters. The molecule has 4 aromatic carbocycles. The maximum atomic E-state index is 12.9. The maximum absolute atomic E-state index is 12.9. The van der Waals surface area contributed by atoms with Crippen molar-refractivity contribution >= 4 is 5.97 Å². The van der Waals surface area contributed by atoms with Gasteiger partial charge in [-0.25, -0.2) is 4.79 Å². The van der Waals surface area contributed by atoms with Crippen LogP contribution in [0.2, 0.25) is 0 Å². The average Bonchev–Trinajstić information content (AvgIpc) is 3.05. The van der Waals surface area contributed by atoms with Crippen LogP contribution in [-0.2, 0) is 6.61 Å². The number of ether oxygens (including phenoxy) is 5. The first-order valence-electron chi connectivity index (χ1n) is 15.0. The Hall–Kier alpha value is -5.42. The molecule has 0 radical (unpaired) electrons. The van der Waals surface area contributed by atoms with E-state index in [1.54, 1.807) is 42.5 Å². The Morgan fingerprint density at radius 1 is 0.889 bits per heavy atom. The van der Waals surface area contributed by atoms with Gasteiger partial charge in [0.1, 0.15) is 35.5 Å². The predicted molar refractivity (Wildman–Crippen MR) is 171 cm³/mol. The topological polar surface area (TPSA) is 113 Å². The van der Waals surface area contributed by atoms with Gasteiger partial charge < -0.3 is 29.4 Å². The number of hydrogen-bond acceptors (Lipinski definition) is 8. The summed E-state index contributed by atoms with van der Waals surface area (Å²) in [6, 6.07) is 27.8. The van der Waals surface area contributed by atoms with Crippen LogP contribution in [0.1, 0.15) is 65.2 Å². The van der Waals surface area contributed by atoms with Gasteiger partial charge in [-0.3, -0.25) is 0 Å². The lowest BCUT2D eigenvalue weighted by Gasteiger charge is -2.27. The molecule has 0 aromatic heterocycles. The van der Waals surface area contributed by atoms with Crippen molar-refractivity contribution in [3.05, 3.63) is 124 Å². The van der Waals surface area contributed by atoms with E-state index in [9.17, 15) is 10.1 Å². The fraction of sp³-hybridized carbons (Fsp3) is 0.243. The lowest BCUT2D eigenvalue weighted by Crippen LogP contribution is -2.21. The molecule has 45 heavy (non-hydrogen) atoms. The lowest BCUT2D eigenvalue weighted by atomic mass is 9.83. The first-order chi connectivity index (χ1) is 21.9. The number of hydrogen-bond donors (Lipinski definition) is 1. The third kappa shape index (κ3) is 7.39. The molecule has 0 aliphatic carbocycles. The molecule has 5 rings (SSSR count). The fourth-order valence-electron chi connectivity index (χ4n) is 4.97. The predicted octanol–water partition coefficient (Wildman–Crippen LogP) is 7.59. The monoisotopic (exact) mass is 604 g/mol. The molecule has 8 heteroatoms. The second kappa shape index (κ2) is 14.4. The van der Waals surface area contributed by atoms with Crippen molar-refractivity contribution in [3.8, 4) is 34.8 Å². The number of unbranched alkanes of at least 4 members (excludes halogenated alkanes) is 1. The van der Waals surface area contributed by atoms with Crippen molar-refractivity contribution in [3.63, 3.8) is 0 Å². The van der Waals surface area contributed by atoms with Crippen LogP contribution < -0.4 is 29.4 Å². The second-order valence-electron chi connectivity index (χ2n) is 10.7. The number of nitriles is 1. The minimum Gasteiger partial charge on any atom is -0.494 e. The molecule has 1 atom stereocenters. The summed E-state index contributed by atoms with van der Waals surface area (Å²) in [5, 5.41) is 10.1. The number of benzene rings is 4. The van der Waals surface area contributed by atoms with Crippen LogP contribution in [0, 0.1) is 18.3 Å². The summed E-state index contributed by atoms with van der Waals surface area (Å²) in [4.78, 5) is 12.9. The van der Waals surface area contributed by atoms with Gasteiger partial charge in [0.05, 0.1) is 24.7 Å². The zero-order valence-corrected chi connectivity index (χ0v) is 25.7. The van der Waals surface area contributed by atoms with Crippen molar-refractivity contribution < 1.29 is 28.5 Å². The molecule has 1 heterocycles. The van der Waals surface area contributed by atoms with E-state index in [1.165, 1.54) is 5.56 Å². The van der Waals surface area contributed by atoms with E-state index in [4.69, 9.17) is 29.4 Å². The summed E-state index contributed by atoms with van der Waals surface area (Å²) in [6.45, 7) is 7.48. The van der Waals surface area contributed by atoms with Crippen LogP contribution in [0.15, 0.2) is 96.4 Å². The molecule has 0 spiro atoms. The summed E-state index contributed by atoms with van der Waals surface area (Å²) in [5.74, 6) is 1.44. The third-order valence-corrected chi connectivity index (χ3v) is 7.37. The van der Waals surface area contributed by atoms with E-state index in [0.29, 0.717) is 53.9 Å². The first kappa shape index (κ1) is 31.0. The molecule has 0 fully saturated rings. The second-order valence-corrected chi connectivity index (χ2v) is 10.7. The minimum absolute atomic E-state index is 0.0187. The van der Waals surface area contributed by atoms with Crippen LogP contribution in [-0.4, -0.2) is 19.2 Å². The summed E-state index contributed by atoms with van der Waals surface area (Å²) in [7, 11) is 0. The molecule has 0 saturated heterocycles. The van der Waals surface area contributed by atoms with E-state index < -0.39 is 11.9 Å². The summed E-state index contributed by atoms with van der Waals surface area (Å²) in [5.41, 5.74) is 10.6. The van der Waals surface area contributed by atoms with Gasteiger partial charge in [-0.05, 0) is 73.9 Å². The quantitative estimate of drug-likeness (QED) is 0.1000. The highest BCUT2D eigenvalue weighted by atomic mass is 16.5. The standard InChI is InChI=1S/C37H36N2O6/c1-4-6-19-42-28-14-11-26(12-15-28)37(40)44-29-16-17-30-33(21-29)45-36(39)31(22-38)35(30)27-13-18-32(34(20-27)41-5-2)43-23-25-9-7-24(3)8-10-25/h7-18,20-21,35H,4-6,19,23,39H2,1-3H3. The Balaban J connectivity index is 1.37. The Kier molecular flexibility index (Phi) is 9.90.